The highest BCUT2D eigenvalue weighted by molar-refractivity contribution is 5.77. The van der Waals surface area contributed by atoms with Crippen LogP contribution in [0, 0.1) is 0 Å². The number of carbonyl (C=O) groups excluding carboxylic acids is 2. The average Bonchev–Trinajstić information content (AvgIpc) is 2.43. The van der Waals surface area contributed by atoms with Crippen molar-refractivity contribution in [2.45, 2.75) is 32.9 Å². The lowest BCUT2D eigenvalue weighted by Crippen LogP contribution is -2.36. The van der Waals surface area contributed by atoms with Crippen LogP contribution in [0.1, 0.15) is 26.7 Å². The fraction of sp³-hybridized carbons (Fsp3) is 0.846. The summed E-state index contributed by atoms with van der Waals surface area (Å²) in [6, 6.07) is 0. The normalized spacial score (nSPS) is 11.8. The monoisotopic (exact) mass is 305 g/mol. The van der Waals surface area contributed by atoms with E-state index in [1.807, 2.05) is 6.92 Å². The number of amides is 2. The van der Waals surface area contributed by atoms with Crippen LogP contribution in [0.4, 0.5) is 4.79 Å². The van der Waals surface area contributed by atoms with Gasteiger partial charge in [-0.15, -0.1) is 0 Å². The van der Waals surface area contributed by atoms with E-state index in [2.05, 4.69) is 10.6 Å². The minimum absolute atomic E-state index is 0.0523. The van der Waals surface area contributed by atoms with Gasteiger partial charge in [-0.2, -0.15) is 0 Å². The van der Waals surface area contributed by atoms with Crippen LogP contribution >= 0.6 is 0 Å². The van der Waals surface area contributed by atoms with Gasteiger partial charge in [0.1, 0.15) is 12.8 Å². The van der Waals surface area contributed by atoms with Crippen LogP contribution in [-0.4, -0.2) is 57.7 Å². The highest BCUT2D eigenvalue weighted by atomic mass is 16.5. The third kappa shape index (κ3) is 14.8. The molecule has 4 N–H and O–H groups in total. The van der Waals surface area contributed by atoms with Crippen molar-refractivity contribution >= 4 is 12.0 Å². The number of rotatable bonds is 12. The fourth-order valence-corrected chi connectivity index (χ4v) is 1.24. The van der Waals surface area contributed by atoms with E-state index in [9.17, 15) is 9.59 Å². The number of carbonyl (C=O) groups is 2. The molecule has 21 heavy (non-hydrogen) atoms. The Kier molecular flexibility index (Phi) is 12.7. The van der Waals surface area contributed by atoms with E-state index >= 15 is 0 Å². The van der Waals surface area contributed by atoms with Crippen molar-refractivity contribution in [3.05, 3.63) is 0 Å². The maximum Gasteiger partial charge on any atom is 0.407 e. The van der Waals surface area contributed by atoms with E-state index < -0.39 is 6.09 Å². The predicted octanol–water partition coefficient (Wildman–Crippen LogP) is -0.0332. The Bertz CT molecular complexity index is 287. The van der Waals surface area contributed by atoms with Gasteiger partial charge in [0.05, 0.1) is 19.8 Å². The number of hydrogen-bond acceptors (Lipinski definition) is 6. The molecule has 0 fully saturated rings. The zero-order valence-corrected chi connectivity index (χ0v) is 12.9. The Morgan fingerprint density at radius 1 is 1.14 bits per heavy atom. The number of nitrogens with two attached hydrogens (primary N) is 1. The van der Waals surface area contributed by atoms with Gasteiger partial charge in [0.2, 0.25) is 5.91 Å². The number of unbranched alkanes of at least 4 members (excludes halogenated alkanes) is 1. The first-order valence-electron chi connectivity index (χ1n) is 7.18. The maximum atomic E-state index is 11.4. The number of ether oxygens (including phenoxy) is 3. The lowest BCUT2D eigenvalue weighted by molar-refractivity contribution is -0.126. The second kappa shape index (κ2) is 13.6. The molecule has 0 saturated carbocycles. The van der Waals surface area contributed by atoms with Gasteiger partial charge in [0.15, 0.2) is 0 Å². The zero-order valence-electron chi connectivity index (χ0n) is 12.9. The molecule has 0 saturated heterocycles. The molecule has 1 atom stereocenters. The largest absolute Gasteiger partial charge is 0.450 e. The van der Waals surface area contributed by atoms with Crippen molar-refractivity contribution < 1.29 is 23.8 Å². The molecular formula is C13H27N3O5. The number of nitrogens with one attached hydrogen (secondary N) is 2. The average molecular weight is 305 g/mol. The van der Waals surface area contributed by atoms with Gasteiger partial charge < -0.3 is 30.6 Å². The SMILES string of the molecule is CCCCOC(=O)NCCNC(=O)COCCOC(C)N. The maximum absolute atomic E-state index is 11.4. The van der Waals surface area contributed by atoms with Crippen molar-refractivity contribution in [1.29, 1.82) is 0 Å². The molecule has 0 aromatic heterocycles. The Labute approximate surface area is 125 Å². The summed E-state index contributed by atoms with van der Waals surface area (Å²) in [5.41, 5.74) is 5.38. The highest BCUT2D eigenvalue weighted by Crippen LogP contribution is 1.87. The standard InChI is InChI=1S/C13H27N3O5/c1-3-4-7-21-13(18)16-6-5-15-12(17)10-19-8-9-20-11(2)14/h11H,3-10,14H2,1-2H3,(H,15,17)(H,16,18). The minimum Gasteiger partial charge on any atom is -0.450 e. The lowest BCUT2D eigenvalue weighted by Gasteiger charge is -2.09. The molecule has 0 aliphatic carbocycles. The third-order valence-electron chi connectivity index (χ3n) is 2.29. The van der Waals surface area contributed by atoms with Crippen LogP contribution < -0.4 is 16.4 Å². The molecule has 8 heteroatoms. The minimum atomic E-state index is -0.470. The molecule has 0 bridgehead atoms. The number of hydrogen-bond donors (Lipinski definition) is 3. The quantitative estimate of drug-likeness (QED) is 0.345. The molecule has 8 nitrogen and oxygen atoms in total. The first kappa shape index (κ1) is 19.6. The Morgan fingerprint density at radius 2 is 1.86 bits per heavy atom. The molecule has 0 spiro atoms. The molecule has 0 radical (unpaired) electrons. The summed E-state index contributed by atoms with van der Waals surface area (Å²) in [4.78, 5) is 22.5. The molecule has 0 aromatic rings. The van der Waals surface area contributed by atoms with Crippen LogP contribution in [0.25, 0.3) is 0 Å². The van der Waals surface area contributed by atoms with Crippen LogP contribution in [0.3, 0.4) is 0 Å². The predicted molar refractivity (Wildman–Crippen MR) is 77.7 cm³/mol. The van der Waals surface area contributed by atoms with Gasteiger partial charge in [0.25, 0.3) is 0 Å². The molecule has 0 aliphatic rings. The van der Waals surface area contributed by atoms with E-state index in [0.717, 1.165) is 12.8 Å². The molecule has 2 amide bonds. The van der Waals surface area contributed by atoms with Gasteiger partial charge >= 0.3 is 6.09 Å². The van der Waals surface area contributed by atoms with Gasteiger partial charge in [-0.3, -0.25) is 4.79 Å². The van der Waals surface area contributed by atoms with Gasteiger partial charge in [-0.1, -0.05) is 13.3 Å². The fourth-order valence-electron chi connectivity index (χ4n) is 1.24. The summed E-state index contributed by atoms with van der Waals surface area (Å²) in [7, 11) is 0. The van der Waals surface area contributed by atoms with Gasteiger partial charge in [0, 0.05) is 13.1 Å². The summed E-state index contributed by atoms with van der Waals surface area (Å²) in [5.74, 6) is -0.253. The summed E-state index contributed by atoms with van der Waals surface area (Å²) in [6.07, 6.45) is 1.000. The molecular weight excluding hydrogens is 278 g/mol. The van der Waals surface area contributed by atoms with E-state index in [4.69, 9.17) is 19.9 Å². The summed E-state index contributed by atoms with van der Waals surface area (Å²) >= 11 is 0. The second-order valence-corrected chi connectivity index (χ2v) is 4.39. The Hall–Kier alpha value is -1.38. The highest BCUT2D eigenvalue weighted by Gasteiger charge is 2.03. The van der Waals surface area contributed by atoms with Gasteiger partial charge in [-0.05, 0) is 13.3 Å². The molecule has 0 heterocycles. The Balaban J connectivity index is 3.35. The van der Waals surface area contributed by atoms with Crippen molar-refractivity contribution in [3.63, 3.8) is 0 Å². The van der Waals surface area contributed by atoms with Crippen LogP contribution in [0.15, 0.2) is 0 Å². The first-order valence-corrected chi connectivity index (χ1v) is 7.18. The molecule has 0 aliphatic heterocycles. The van der Waals surface area contributed by atoms with E-state index in [-0.39, 0.29) is 18.7 Å². The topological polar surface area (TPSA) is 112 Å². The summed E-state index contributed by atoms with van der Waals surface area (Å²) < 4.78 is 15.0. The lowest BCUT2D eigenvalue weighted by atomic mass is 10.4. The van der Waals surface area contributed by atoms with Gasteiger partial charge in [-0.25, -0.2) is 4.79 Å². The molecule has 0 rings (SSSR count). The zero-order chi connectivity index (χ0) is 15.9. The van der Waals surface area contributed by atoms with Crippen molar-refractivity contribution in [2.24, 2.45) is 5.73 Å². The second-order valence-electron chi connectivity index (χ2n) is 4.39. The van der Waals surface area contributed by atoms with Crippen LogP contribution in [-0.2, 0) is 19.0 Å². The van der Waals surface area contributed by atoms with E-state index in [1.54, 1.807) is 6.92 Å². The van der Waals surface area contributed by atoms with Crippen molar-refractivity contribution in [2.75, 3.05) is 39.5 Å². The van der Waals surface area contributed by atoms with Crippen molar-refractivity contribution in [1.82, 2.24) is 10.6 Å². The van der Waals surface area contributed by atoms with Crippen LogP contribution in [0.5, 0.6) is 0 Å². The Morgan fingerprint density at radius 3 is 2.52 bits per heavy atom. The summed E-state index contributed by atoms with van der Waals surface area (Å²) in [5, 5.41) is 5.14. The summed E-state index contributed by atoms with van der Waals surface area (Å²) in [6.45, 7) is 5.36. The molecule has 0 aromatic carbocycles. The third-order valence-corrected chi connectivity index (χ3v) is 2.29. The van der Waals surface area contributed by atoms with E-state index in [0.29, 0.717) is 32.9 Å². The smallest absolute Gasteiger partial charge is 0.407 e. The molecule has 124 valence electrons. The van der Waals surface area contributed by atoms with E-state index in [1.165, 1.54) is 0 Å². The number of alkyl carbamates (subject to hydrolysis) is 1. The van der Waals surface area contributed by atoms with Crippen LogP contribution in [0.2, 0.25) is 0 Å². The van der Waals surface area contributed by atoms with Crippen molar-refractivity contribution in [3.8, 4) is 0 Å². The molecule has 1 unspecified atom stereocenters. The first-order chi connectivity index (χ1) is 10.1.